The second-order valence-electron chi connectivity index (χ2n) is 7.65. The Morgan fingerprint density at radius 2 is 1.77 bits per heavy atom. The molecule has 1 atom stereocenters. The van der Waals surface area contributed by atoms with Crippen LogP contribution in [-0.2, 0) is 6.54 Å². The van der Waals surface area contributed by atoms with Gasteiger partial charge in [-0.25, -0.2) is 9.18 Å². The molecule has 7 nitrogen and oxygen atoms in total. The molecule has 162 valence electrons. The Balaban J connectivity index is 2.24. The number of hydrogen-bond donors (Lipinski definition) is 1. The standard InChI is InChI=1S/C23H25FN4O3/c1-5-16(4)25-21(29)20-22(30)27(13-17-8-6-7-9-19(17)24)23(31)28(26-20)18-11-14(2)10-15(3)12-18/h6-12,16H,5,13H2,1-4H3,(H,25,29). The van der Waals surface area contributed by atoms with Gasteiger partial charge in [-0.1, -0.05) is 31.2 Å². The summed E-state index contributed by atoms with van der Waals surface area (Å²) in [6.45, 7) is 7.11. The average molecular weight is 424 g/mol. The van der Waals surface area contributed by atoms with Crippen LogP contribution in [0.2, 0.25) is 0 Å². The van der Waals surface area contributed by atoms with E-state index in [-0.39, 0.29) is 18.2 Å². The van der Waals surface area contributed by atoms with Crippen LogP contribution in [0.3, 0.4) is 0 Å². The summed E-state index contributed by atoms with van der Waals surface area (Å²) < 4.78 is 16.1. The molecule has 0 fully saturated rings. The molecule has 0 spiro atoms. The zero-order valence-electron chi connectivity index (χ0n) is 18.0. The van der Waals surface area contributed by atoms with E-state index in [1.54, 1.807) is 25.1 Å². The van der Waals surface area contributed by atoms with Crippen LogP contribution in [0, 0.1) is 19.7 Å². The third-order valence-corrected chi connectivity index (χ3v) is 5.00. The van der Waals surface area contributed by atoms with Gasteiger partial charge < -0.3 is 5.32 Å². The molecule has 1 unspecified atom stereocenters. The van der Waals surface area contributed by atoms with Crippen LogP contribution in [0.15, 0.2) is 52.1 Å². The van der Waals surface area contributed by atoms with E-state index in [9.17, 15) is 18.8 Å². The molecule has 0 aliphatic rings. The Morgan fingerprint density at radius 3 is 2.39 bits per heavy atom. The molecule has 3 aromatic rings. The molecule has 0 aliphatic carbocycles. The van der Waals surface area contributed by atoms with Crippen LogP contribution in [0.4, 0.5) is 4.39 Å². The van der Waals surface area contributed by atoms with Gasteiger partial charge in [-0.05, 0) is 56.5 Å². The first-order chi connectivity index (χ1) is 14.7. The normalized spacial score (nSPS) is 11.9. The molecule has 0 saturated carbocycles. The molecule has 1 heterocycles. The van der Waals surface area contributed by atoms with Gasteiger partial charge in [0, 0.05) is 11.6 Å². The zero-order chi connectivity index (χ0) is 22.7. The Bertz CT molecular complexity index is 1230. The highest BCUT2D eigenvalue weighted by atomic mass is 19.1. The van der Waals surface area contributed by atoms with Gasteiger partial charge in [0.05, 0.1) is 12.2 Å². The quantitative estimate of drug-likeness (QED) is 0.659. The summed E-state index contributed by atoms with van der Waals surface area (Å²) in [5.74, 6) is -1.23. The SMILES string of the molecule is CCC(C)NC(=O)c1nn(-c2cc(C)cc(C)c2)c(=O)n(Cc2ccccc2F)c1=O. The summed E-state index contributed by atoms with van der Waals surface area (Å²) in [5.41, 5.74) is 0.321. The number of rotatable bonds is 6. The molecule has 3 rings (SSSR count). The summed E-state index contributed by atoms with van der Waals surface area (Å²) in [6.07, 6.45) is 0.659. The van der Waals surface area contributed by atoms with E-state index in [4.69, 9.17) is 0 Å². The molecule has 0 saturated heterocycles. The third kappa shape index (κ3) is 4.79. The Hall–Kier alpha value is -3.55. The molecule has 1 amide bonds. The van der Waals surface area contributed by atoms with Crippen LogP contribution in [0.25, 0.3) is 5.69 Å². The maximum atomic E-state index is 14.2. The van der Waals surface area contributed by atoms with E-state index >= 15 is 0 Å². The smallest absolute Gasteiger partial charge is 0.348 e. The van der Waals surface area contributed by atoms with E-state index < -0.39 is 28.7 Å². The number of benzene rings is 2. The van der Waals surface area contributed by atoms with E-state index in [1.807, 2.05) is 26.8 Å². The van der Waals surface area contributed by atoms with Gasteiger partial charge in [-0.3, -0.25) is 14.2 Å². The van der Waals surface area contributed by atoms with Gasteiger partial charge in [0.15, 0.2) is 0 Å². The monoisotopic (exact) mass is 424 g/mol. The van der Waals surface area contributed by atoms with E-state index in [2.05, 4.69) is 10.4 Å². The predicted molar refractivity (Wildman–Crippen MR) is 116 cm³/mol. The molecule has 31 heavy (non-hydrogen) atoms. The molecule has 1 N–H and O–H groups in total. The first-order valence-electron chi connectivity index (χ1n) is 10.1. The number of nitrogens with zero attached hydrogens (tertiary/aromatic N) is 3. The van der Waals surface area contributed by atoms with Crippen LogP contribution < -0.4 is 16.6 Å². The fourth-order valence-corrected chi connectivity index (χ4v) is 3.23. The van der Waals surface area contributed by atoms with Crippen molar-refractivity contribution in [2.24, 2.45) is 0 Å². The van der Waals surface area contributed by atoms with Gasteiger partial charge in [0.25, 0.3) is 11.5 Å². The lowest BCUT2D eigenvalue weighted by Crippen LogP contribution is -2.47. The molecule has 2 aromatic carbocycles. The Kier molecular flexibility index (Phi) is 6.48. The van der Waals surface area contributed by atoms with Gasteiger partial charge in [0.1, 0.15) is 5.82 Å². The number of aryl methyl sites for hydroxylation is 2. The van der Waals surface area contributed by atoms with Crippen molar-refractivity contribution in [1.82, 2.24) is 19.7 Å². The Labute approximate surface area is 179 Å². The van der Waals surface area contributed by atoms with Crippen molar-refractivity contribution in [2.45, 2.75) is 46.7 Å². The summed E-state index contributed by atoms with van der Waals surface area (Å²) in [7, 11) is 0. The minimum Gasteiger partial charge on any atom is -0.348 e. The number of amides is 1. The van der Waals surface area contributed by atoms with E-state index in [0.29, 0.717) is 12.1 Å². The molecule has 0 bridgehead atoms. The van der Waals surface area contributed by atoms with Crippen molar-refractivity contribution in [2.75, 3.05) is 0 Å². The molecule has 1 aromatic heterocycles. The molecular weight excluding hydrogens is 399 g/mol. The Morgan fingerprint density at radius 1 is 1.13 bits per heavy atom. The maximum Gasteiger partial charge on any atom is 0.352 e. The van der Waals surface area contributed by atoms with Gasteiger partial charge in [0.2, 0.25) is 5.69 Å². The van der Waals surface area contributed by atoms with Crippen LogP contribution in [0.1, 0.15) is 47.4 Å². The number of aromatic nitrogens is 3. The lowest BCUT2D eigenvalue weighted by atomic mass is 10.1. The van der Waals surface area contributed by atoms with Gasteiger partial charge >= 0.3 is 5.69 Å². The van der Waals surface area contributed by atoms with Crippen LogP contribution >= 0.6 is 0 Å². The summed E-state index contributed by atoms with van der Waals surface area (Å²) >= 11 is 0. The summed E-state index contributed by atoms with van der Waals surface area (Å²) in [5, 5.41) is 6.81. The molecule has 0 aliphatic heterocycles. The van der Waals surface area contributed by atoms with Crippen molar-refractivity contribution in [3.63, 3.8) is 0 Å². The van der Waals surface area contributed by atoms with Crippen molar-refractivity contribution in [3.8, 4) is 5.69 Å². The highest BCUT2D eigenvalue weighted by Gasteiger charge is 2.22. The zero-order valence-corrected chi connectivity index (χ0v) is 18.0. The molecule has 8 heteroatoms. The first-order valence-corrected chi connectivity index (χ1v) is 10.1. The number of hydrogen-bond acceptors (Lipinski definition) is 4. The number of halogens is 1. The van der Waals surface area contributed by atoms with Gasteiger partial charge in [-0.15, -0.1) is 0 Å². The molecule has 0 radical (unpaired) electrons. The van der Waals surface area contributed by atoms with Crippen molar-refractivity contribution in [1.29, 1.82) is 0 Å². The largest absolute Gasteiger partial charge is 0.352 e. The minimum atomic E-state index is -0.866. The fraction of sp³-hybridized carbons (Fsp3) is 0.304. The predicted octanol–water partition coefficient (Wildman–Crippen LogP) is 2.73. The van der Waals surface area contributed by atoms with E-state index in [1.165, 1.54) is 18.2 Å². The third-order valence-electron chi connectivity index (χ3n) is 5.00. The summed E-state index contributed by atoms with van der Waals surface area (Å²) in [4.78, 5) is 39.0. The minimum absolute atomic E-state index is 0.160. The number of carbonyl (C=O) groups excluding carboxylic acids is 1. The van der Waals surface area contributed by atoms with Crippen molar-refractivity contribution < 1.29 is 9.18 Å². The van der Waals surface area contributed by atoms with E-state index in [0.717, 1.165) is 20.4 Å². The van der Waals surface area contributed by atoms with Crippen LogP contribution in [-0.4, -0.2) is 26.3 Å². The highest BCUT2D eigenvalue weighted by molar-refractivity contribution is 5.91. The molecular formula is C23H25FN4O3. The first kappa shape index (κ1) is 22.1. The summed E-state index contributed by atoms with van der Waals surface area (Å²) in [6, 6.07) is 11.1. The second-order valence-corrected chi connectivity index (χ2v) is 7.65. The van der Waals surface area contributed by atoms with Crippen molar-refractivity contribution in [3.05, 3.63) is 91.5 Å². The van der Waals surface area contributed by atoms with Crippen molar-refractivity contribution >= 4 is 5.91 Å². The topological polar surface area (TPSA) is 86.0 Å². The average Bonchev–Trinajstić information content (AvgIpc) is 2.71. The fourth-order valence-electron chi connectivity index (χ4n) is 3.23. The highest BCUT2D eigenvalue weighted by Crippen LogP contribution is 2.12. The maximum absolute atomic E-state index is 14.2. The van der Waals surface area contributed by atoms with Crippen LogP contribution in [0.5, 0.6) is 0 Å². The number of carbonyl (C=O) groups is 1. The number of nitrogens with one attached hydrogen (secondary N) is 1. The van der Waals surface area contributed by atoms with Gasteiger partial charge in [-0.2, -0.15) is 9.78 Å². The lowest BCUT2D eigenvalue weighted by molar-refractivity contribution is 0.0929. The second kappa shape index (κ2) is 9.07. The lowest BCUT2D eigenvalue weighted by Gasteiger charge is -2.15.